The molecular weight excluding hydrogens is 209 g/mol. The summed E-state index contributed by atoms with van der Waals surface area (Å²) in [4.78, 5) is 19.6. The van der Waals surface area contributed by atoms with Gasteiger partial charge in [0.1, 0.15) is 0 Å². The molecule has 0 rings (SSSR count). The van der Waals surface area contributed by atoms with E-state index in [4.69, 9.17) is 15.3 Å². The van der Waals surface area contributed by atoms with Crippen molar-refractivity contribution in [1.82, 2.24) is 0 Å². The van der Waals surface area contributed by atoms with E-state index in [1.54, 1.807) is 0 Å². The van der Waals surface area contributed by atoms with Crippen LogP contribution in [0.4, 0.5) is 0 Å². The van der Waals surface area contributed by atoms with E-state index in [9.17, 15) is 14.3 Å². The average Bonchev–Trinajstić information content (AvgIpc) is 1.84. The van der Waals surface area contributed by atoms with Gasteiger partial charge in [-0.15, -0.1) is 0 Å². The van der Waals surface area contributed by atoms with Crippen LogP contribution in [0.25, 0.3) is 0 Å². The minimum absolute atomic E-state index is 0. The molecule has 0 aromatic rings. The molecular formula is C3H7Na2O6P. The summed E-state index contributed by atoms with van der Waals surface area (Å²) in [6.07, 6.45) is -2.26. The molecule has 3 N–H and O–H groups in total. The van der Waals surface area contributed by atoms with Gasteiger partial charge in [0.2, 0.25) is 6.10 Å². The molecule has 0 fully saturated rings. The average molecular weight is 216 g/mol. The summed E-state index contributed by atoms with van der Waals surface area (Å²) in [7, 11) is -3.31. The Labute approximate surface area is 116 Å². The molecule has 3 atom stereocenters. The van der Waals surface area contributed by atoms with E-state index in [2.05, 4.69) is 0 Å². The third kappa shape index (κ3) is 6.91. The van der Waals surface area contributed by atoms with Crippen molar-refractivity contribution in [3.8, 4) is 0 Å². The summed E-state index contributed by atoms with van der Waals surface area (Å²) in [6, 6.07) is 0. The number of carbonyl (C=O) groups is 1. The van der Waals surface area contributed by atoms with Gasteiger partial charge in [-0.3, -0.25) is 0 Å². The zero-order chi connectivity index (χ0) is 8.31. The Morgan fingerprint density at radius 2 is 1.75 bits per heavy atom. The first-order valence-corrected chi connectivity index (χ1v) is 3.44. The molecule has 0 radical (unpaired) electrons. The Morgan fingerprint density at radius 3 is 1.83 bits per heavy atom. The molecule has 0 amide bonds. The van der Waals surface area contributed by atoms with Crippen LogP contribution in [0.3, 0.4) is 0 Å². The van der Waals surface area contributed by atoms with Gasteiger partial charge in [0, 0.05) is 0 Å². The molecule has 12 heavy (non-hydrogen) atoms. The standard InChI is InChI=1S/C3H5O6P.2Na.2H/c4-1(2(5)6)3(7)10(8)9;;;;/h1,3-4,7H,(H,5,6);;;;/q;2*+1;2*-1. The van der Waals surface area contributed by atoms with Gasteiger partial charge in [0.05, 0.1) is 0 Å². The topological polar surface area (TPSA) is 118 Å². The summed E-state index contributed by atoms with van der Waals surface area (Å²) in [5.41, 5.74) is 0. The molecule has 0 heterocycles. The molecule has 0 aliphatic heterocycles. The number of aliphatic carboxylic acids is 1. The third-order valence-corrected chi connectivity index (χ3v) is 1.47. The number of carboxylic acid groups (broad SMARTS) is 1. The molecule has 0 bridgehead atoms. The van der Waals surface area contributed by atoms with Crippen LogP contribution in [0, 0.1) is 0 Å². The van der Waals surface area contributed by atoms with Crippen molar-refractivity contribution < 1.29 is 91.5 Å². The second-order valence-corrected chi connectivity index (χ2v) is 2.58. The van der Waals surface area contributed by atoms with Crippen LogP contribution in [-0.2, 0) is 9.36 Å². The van der Waals surface area contributed by atoms with E-state index >= 15 is 0 Å². The first kappa shape index (κ1) is 19.1. The molecule has 0 aliphatic rings. The van der Waals surface area contributed by atoms with Gasteiger partial charge in [-0.2, -0.15) is 0 Å². The van der Waals surface area contributed by atoms with Gasteiger partial charge in [-0.1, -0.05) is 4.57 Å². The molecule has 0 aliphatic carbocycles. The van der Waals surface area contributed by atoms with Crippen LogP contribution < -0.4 is 64.0 Å². The van der Waals surface area contributed by atoms with Crippen molar-refractivity contribution >= 4 is 14.0 Å². The van der Waals surface area contributed by atoms with Crippen molar-refractivity contribution in [3.05, 3.63) is 0 Å². The maximum absolute atomic E-state index is 9.81. The summed E-state index contributed by atoms with van der Waals surface area (Å²) in [6.45, 7) is 0. The van der Waals surface area contributed by atoms with Crippen molar-refractivity contribution in [1.29, 1.82) is 0 Å². The Morgan fingerprint density at radius 1 is 1.42 bits per heavy atom. The molecule has 3 unspecified atom stereocenters. The molecule has 6 nitrogen and oxygen atoms in total. The minimum Gasteiger partial charge on any atom is -1.00 e. The Hall–Kier alpha value is 1.45. The van der Waals surface area contributed by atoms with E-state index in [0.29, 0.717) is 0 Å². The normalized spacial score (nSPS) is 14.8. The summed E-state index contributed by atoms with van der Waals surface area (Å²) >= 11 is 0. The second-order valence-electron chi connectivity index (χ2n) is 1.48. The third-order valence-electron chi connectivity index (χ3n) is 0.751. The molecule has 62 valence electrons. The van der Waals surface area contributed by atoms with Crippen molar-refractivity contribution in [2.45, 2.75) is 11.9 Å². The predicted molar refractivity (Wildman–Crippen MR) is 29.5 cm³/mol. The van der Waals surface area contributed by atoms with Crippen LogP contribution in [0.15, 0.2) is 0 Å². The smallest absolute Gasteiger partial charge is 1.00 e. The van der Waals surface area contributed by atoms with Gasteiger partial charge in [0.15, 0.2) is 0 Å². The number of aliphatic hydroxyl groups is 2. The van der Waals surface area contributed by atoms with Gasteiger partial charge in [-0.25, -0.2) is 4.79 Å². The number of rotatable bonds is 3. The first-order valence-electron chi connectivity index (χ1n) is 2.19. The van der Waals surface area contributed by atoms with E-state index < -0.39 is 25.9 Å². The van der Waals surface area contributed by atoms with Gasteiger partial charge < -0.3 is 23.1 Å². The fraction of sp³-hybridized carbons (Fsp3) is 0.667. The maximum atomic E-state index is 9.81. The van der Waals surface area contributed by atoms with Gasteiger partial charge >= 0.3 is 73.1 Å². The van der Waals surface area contributed by atoms with E-state index in [1.165, 1.54) is 0 Å². The van der Waals surface area contributed by atoms with Crippen LogP contribution in [0.1, 0.15) is 2.85 Å². The predicted octanol–water partition coefficient (Wildman–Crippen LogP) is -7.91. The van der Waals surface area contributed by atoms with Gasteiger partial charge in [-0.05, 0) is 0 Å². The number of carboxylic acids is 1. The molecule has 0 saturated carbocycles. The van der Waals surface area contributed by atoms with E-state index in [-0.39, 0.29) is 62.0 Å². The van der Waals surface area contributed by atoms with Crippen LogP contribution in [-0.4, -0.2) is 33.2 Å². The fourth-order valence-electron chi connectivity index (χ4n) is 0.243. The van der Waals surface area contributed by atoms with Crippen LogP contribution in [0.5, 0.6) is 0 Å². The second kappa shape index (κ2) is 9.02. The molecule has 0 aromatic carbocycles. The monoisotopic (exact) mass is 216 g/mol. The fourth-order valence-corrected chi connectivity index (χ4v) is 0.601. The molecule has 9 heteroatoms. The zero-order valence-corrected chi connectivity index (χ0v) is 11.6. The Bertz CT molecular complexity index is 153. The van der Waals surface area contributed by atoms with E-state index in [1.807, 2.05) is 0 Å². The molecule has 0 saturated heterocycles. The quantitative estimate of drug-likeness (QED) is 0.318. The van der Waals surface area contributed by atoms with Crippen LogP contribution in [0.2, 0.25) is 0 Å². The first-order chi connectivity index (χ1) is 4.46. The molecule has 0 aromatic heterocycles. The van der Waals surface area contributed by atoms with Crippen molar-refractivity contribution in [2.24, 2.45) is 0 Å². The summed E-state index contributed by atoms with van der Waals surface area (Å²) in [5.74, 6) is -4.00. The Kier molecular flexibility index (Phi) is 14.4. The SMILES string of the molecule is O=C(O)C(O)C(O)[P+](=O)[O-].[H-].[H-].[Na+].[Na+]. The summed E-state index contributed by atoms with van der Waals surface area (Å²) in [5, 5.41) is 24.6. The van der Waals surface area contributed by atoms with E-state index in [0.717, 1.165) is 0 Å². The van der Waals surface area contributed by atoms with Gasteiger partial charge in [0.25, 0.3) is 5.85 Å². The number of hydrogen-bond acceptors (Lipinski definition) is 5. The number of aliphatic hydroxyl groups excluding tert-OH is 2. The zero-order valence-electron chi connectivity index (χ0n) is 8.67. The Balaban J connectivity index is -0.0000000675. The molecule has 0 spiro atoms. The minimum atomic E-state index is -3.31. The number of hydrogen-bond donors (Lipinski definition) is 3. The largest absolute Gasteiger partial charge is 1.00 e. The van der Waals surface area contributed by atoms with Crippen molar-refractivity contribution in [2.75, 3.05) is 0 Å². The maximum Gasteiger partial charge on any atom is 1.00 e. The summed E-state index contributed by atoms with van der Waals surface area (Å²) < 4.78 is 9.81. The van der Waals surface area contributed by atoms with Crippen molar-refractivity contribution in [3.63, 3.8) is 0 Å². The van der Waals surface area contributed by atoms with Crippen LogP contribution >= 0.6 is 8.03 Å².